The molecule has 0 spiro atoms. The van der Waals surface area contributed by atoms with Crippen molar-refractivity contribution in [2.75, 3.05) is 17.7 Å². The molecule has 0 radical (unpaired) electrons. The summed E-state index contributed by atoms with van der Waals surface area (Å²) in [5.41, 5.74) is 0. The second-order valence-electron chi connectivity index (χ2n) is 5.61. The van der Waals surface area contributed by atoms with Gasteiger partial charge in [0.25, 0.3) is 0 Å². The van der Waals surface area contributed by atoms with Crippen molar-refractivity contribution in [1.82, 2.24) is 9.97 Å². The van der Waals surface area contributed by atoms with Crippen molar-refractivity contribution in [2.24, 2.45) is 5.92 Å². The van der Waals surface area contributed by atoms with Crippen LogP contribution in [-0.4, -0.2) is 23.1 Å². The van der Waals surface area contributed by atoms with Crippen molar-refractivity contribution < 1.29 is 0 Å². The third-order valence-corrected chi connectivity index (χ3v) is 3.95. The summed E-state index contributed by atoms with van der Waals surface area (Å²) >= 11 is 0. The SMILES string of the molecule is CCc1nc(NC)cc(NC2CCCC(C)CC2)n1. The van der Waals surface area contributed by atoms with Gasteiger partial charge in [-0.05, 0) is 25.2 Å². The third-order valence-electron chi connectivity index (χ3n) is 3.95. The molecule has 1 aliphatic carbocycles. The summed E-state index contributed by atoms with van der Waals surface area (Å²) < 4.78 is 0. The lowest BCUT2D eigenvalue weighted by atomic mass is 10.0. The van der Waals surface area contributed by atoms with Gasteiger partial charge in [0.1, 0.15) is 17.5 Å². The summed E-state index contributed by atoms with van der Waals surface area (Å²) in [6.45, 7) is 4.45. The molecule has 2 rings (SSSR count). The molecule has 1 saturated carbocycles. The maximum Gasteiger partial charge on any atom is 0.132 e. The fourth-order valence-corrected chi connectivity index (χ4v) is 2.70. The van der Waals surface area contributed by atoms with E-state index in [2.05, 4.69) is 34.4 Å². The second kappa shape index (κ2) is 6.73. The van der Waals surface area contributed by atoms with Gasteiger partial charge in [0.2, 0.25) is 0 Å². The van der Waals surface area contributed by atoms with Crippen molar-refractivity contribution >= 4 is 11.6 Å². The first-order valence-electron chi connectivity index (χ1n) is 7.53. The van der Waals surface area contributed by atoms with Crippen molar-refractivity contribution in [1.29, 1.82) is 0 Å². The van der Waals surface area contributed by atoms with Crippen LogP contribution in [0.15, 0.2) is 6.07 Å². The van der Waals surface area contributed by atoms with Crippen LogP contribution in [0.25, 0.3) is 0 Å². The number of hydrogen-bond acceptors (Lipinski definition) is 4. The molecule has 0 aromatic carbocycles. The average molecular weight is 262 g/mol. The largest absolute Gasteiger partial charge is 0.373 e. The quantitative estimate of drug-likeness (QED) is 0.816. The van der Waals surface area contributed by atoms with Crippen molar-refractivity contribution in [3.63, 3.8) is 0 Å². The molecule has 2 N–H and O–H groups in total. The Morgan fingerprint density at radius 3 is 2.68 bits per heavy atom. The molecular weight excluding hydrogens is 236 g/mol. The highest BCUT2D eigenvalue weighted by Crippen LogP contribution is 2.25. The topological polar surface area (TPSA) is 49.8 Å². The van der Waals surface area contributed by atoms with Gasteiger partial charge in [-0.25, -0.2) is 9.97 Å². The molecule has 4 heteroatoms. The zero-order valence-electron chi connectivity index (χ0n) is 12.4. The molecule has 1 heterocycles. The van der Waals surface area contributed by atoms with E-state index in [0.717, 1.165) is 29.8 Å². The molecule has 2 unspecified atom stereocenters. The molecule has 19 heavy (non-hydrogen) atoms. The molecule has 2 atom stereocenters. The van der Waals surface area contributed by atoms with Gasteiger partial charge in [0.15, 0.2) is 0 Å². The zero-order valence-corrected chi connectivity index (χ0v) is 12.4. The zero-order chi connectivity index (χ0) is 13.7. The number of nitrogens with zero attached hydrogens (tertiary/aromatic N) is 2. The van der Waals surface area contributed by atoms with Gasteiger partial charge >= 0.3 is 0 Å². The van der Waals surface area contributed by atoms with Crippen LogP contribution >= 0.6 is 0 Å². The molecular formula is C15H26N4. The Bertz CT molecular complexity index is 383. The summed E-state index contributed by atoms with van der Waals surface area (Å²) in [4.78, 5) is 9.01. The highest BCUT2D eigenvalue weighted by Gasteiger charge is 2.16. The van der Waals surface area contributed by atoms with E-state index in [-0.39, 0.29) is 0 Å². The average Bonchev–Trinajstić information content (AvgIpc) is 2.63. The van der Waals surface area contributed by atoms with Crippen LogP contribution in [0.4, 0.5) is 11.6 Å². The van der Waals surface area contributed by atoms with E-state index in [0.29, 0.717) is 6.04 Å². The normalized spacial score (nSPS) is 23.7. The number of hydrogen-bond donors (Lipinski definition) is 2. The van der Waals surface area contributed by atoms with Crippen molar-refractivity contribution in [2.45, 2.75) is 58.4 Å². The van der Waals surface area contributed by atoms with Gasteiger partial charge in [-0.15, -0.1) is 0 Å². The minimum absolute atomic E-state index is 0.564. The van der Waals surface area contributed by atoms with E-state index in [4.69, 9.17) is 0 Å². The number of anilines is 2. The van der Waals surface area contributed by atoms with Crippen LogP contribution in [0.1, 0.15) is 51.8 Å². The first kappa shape index (κ1) is 14.1. The Morgan fingerprint density at radius 1 is 1.16 bits per heavy atom. The van der Waals surface area contributed by atoms with Crippen LogP contribution in [0, 0.1) is 5.92 Å². The Kier molecular flexibility index (Phi) is 5.00. The van der Waals surface area contributed by atoms with Crippen LogP contribution in [0.2, 0.25) is 0 Å². The fraction of sp³-hybridized carbons (Fsp3) is 0.733. The highest BCUT2D eigenvalue weighted by molar-refractivity contribution is 5.47. The number of aryl methyl sites for hydroxylation is 1. The van der Waals surface area contributed by atoms with Gasteiger partial charge in [-0.1, -0.05) is 26.7 Å². The van der Waals surface area contributed by atoms with E-state index in [9.17, 15) is 0 Å². The van der Waals surface area contributed by atoms with Crippen molar-refractivity contribution in [3.05, 3.63) is 11.9 Å². The monoisotopic (exact) mass is 262 g/mol. The van der Waals surface area contributed by atoms with Crippen LogP contribution in [0.3, 0.4) is 0 Å². The van der Waals surface area contributed by atoms with Gasteiger partial charge in [-0.3, -0.25) is 0 Å². The lowest BCUT2D eigenvalue weighted by Gasteiger charge is -2.18. The second-order valence-corrected chi connectivity index (χ2v) is 5.61. The Morgan fingerprint density at radius 2 is 1.95 bits per heavy atom. The summed E-state index contributed by atoms with van der Waals surface area (Å²) in [6.07, 6.45) is 7.38. The Hall–Kier alpha value is -1.32. The molecule has 1 fully saturated rings. The maximum absolute atomic E-state index is 4.58. The van der Waals surface area contributed by atoms with E-state index in [1.807, 2.05) is 13.1 Å². The molecule has 1 aliphatic rings. The van der Waals surface area contributed by atoms with E-state index >= 15 is 0 Å². The Balaban J connectivity index is 2.05. The third kappa shape index (κ3) is 4.08. The predicted octanol–water partition coefficient (Wildman–Crippen LogP) is 3.46. The molecule has 0 aliphatic heterocycles. The first-order chi connectivity index (χ1) is 9.21. The number of nitrogens with one attached hydrogen (secondary N) is 2. The number of rotatable bonds is 4. The minimum atomic E-state index is 0.564. The minimum Gasteiger partial charge on any atom is -0.373 e. The molecule has 4 nitrogen and oxygen atoms in total. The summed E-state index contributed by atoms with van der Waals surface area (Å²) in [7, 11) is 1.90. The number of aromatic nitrogens is 2. The maximum atomic E-state index is 4.58. The predicted molar refractivity (Wildman–Crippen MR) is 80.6 cm³/mol. The van der Waals surface area contributed by atoms with Gasteiger partial charge in [0, 0.05) is 25.6 Å². The molecule has 1 aromatic heterocycles. The molecule has 0 amide bonds. The molecule has 0 bridgehead atoms. The lowest BCUT2D eigenvalue weighted by molar-refractivity contribution is 0.502. The Labute approximate surface area is 116 Å². The summed E-state index contributed by atoms with van der Waals surface area (Å²) in [5, 5.41) is 6.71. The highest BCUT2D eigenvalue weighted by atomic mass is 15.1. The summed E-state index contributed by atoms with van der Waals surface area (Å²) in [5.74, 6) is 3.64. The molecule has 1 aromatic rings. The van der Waals surface area contributed by atoms with Crippen LogP contribution in [0.5, 0.6) is 0 Å². The smallest absolute Gasteiger partial charge is 0.132 e. The van der Waals surface area contributed by atoms with E-state index in [1.54, 1.807) is 0 Å². The van der Waals surface area contributed by atoms with Gasteiger partial charge in [-0.2, -0.15) is 0 Å². The fourth-order valence-electron chi connectivity index (χ4n) is 2.70. The molecule has 0 saturated heterocycles. The van der Waals surface area contributed by atoms with E-state index < -0.39 is 0 Å². The van der Waals surface area contributed by atoms with Gasteiger partial charge < -0.3 is 10.6 Å². The summed E-state index contributed by atoms with van der Waals surface area (Å²) in [6, 6.07) is 2.57. The lowest BCUT2D eigenvalue weighted by Crippen LogP contribution is -2.20. The first-order valence-corrected chi connectivity index (χ1v) is 7.53. The van der Waals surface area contributed by atoms with E-state index in [1.165, 1.54) is 32.1 Å². The standard InChI is InChI=1S/C15H26N4/c1-4-13-18-14(16-3)10-15(19-13)17-12-7-5-6-11(2)8-9-12/h10-12H,4-9H2,1-3H3,(H2,16,17,18,19). The molecule has 106 valence electrons. The van der Waals surface area contributed by atoms with Crippen LogP contribution < -0.4 is 10.6 Å². The van der Waals surface area contributed by atoms with Gasteiger partial charge in [0.05, 0.1) is 0 Å². The van der Waals surface area contributed by atoms with Crippen molar-refractivity contribution in [3.8, 4) is 0 Å². The van der Waals surface area contributed by atoms with Crippen LogP contribution in [-0.2, 0) is 6.42 Å².